The third kappa shape index (κ3) is 1.78. The van der Waals surface area contributed by atoms with Gasteiger partial charge in [-0.15, -0.1) is 0 Å². The highest BCUT2D eigenvalue weighted by Crippen LogP contribution is 2.65. The molecular formula is C19H28O3. The third-order valence-corrected chi connectivity index (χ3v) is 7.93. The summed E-state index contributed by atoms with van der Waals surface area (Å²) >= 11 is 0. The summed E-state index contributed by atoms with van der Waals surface area (Å²) in [4.78, 5) is 11.8. The van der Waals surface area contributed by atoms with E-state index in [9.17, 15) is 15.0 Å². The molecule has 0 unspecified atom stereocenters. The van der Waals surface area contributed by atoms with Gasteiger partial charge in [-0.2, -0.15) is 0 Å². The van der Waals surface area contributed by atoms with Gasteiger partial charge in [0.15, 0.2) is 5.78 Å². The predicted molar refractivity (Wildman–Crippen MR) is 84.1 cm³/mol. The maximum Gasteiger partial charge on any atom is 0.155 e. The van der Waals surface area contributed by atoms with Gasteiger partial charge in [0.05, 0.1) is 12.2 Å². The summed E-state index contributed by atoms with van der Waals surface area (Å²) in [6, 6.07) is 0. The smallest absolute Gasteiger partial charge is 0.155 e. The number of carbonyl (C=O) groups is 1. The molecule has 0 bridgehead atoms. The first kappa shape index (κ1) is 14.9. The molecule has 0 aromatic rings. The molecule has 4 aliphatic rings. The molecule has 0 spiro atoms. The molecule has 0 amide bonds. The molecule has 0 saturated heterocycles. The van der Waals surface area contributed by atoms with Crippen molar-refractivity contribution in [3.8, 4) is 0 Å². The summed E-state index contributed by atoms with van der Waals surface area (Å²) in [6.45, 7) is 4.54. The van der Waals surface area contributed by atoms with Gasteiger partial charge < -0.3 is 10.2 Å². The van der Waals surface area contributed by atoms with E-state index in [1.165, 1.54) is 0 Å². The van der Waals surface area contributed by atoms with Gasteiger partial charge >= 0.3 is 0 Å². The van der Waals surface area contributed by atoms with Crippen LogP contribution in [0.5, 0.6) is 0 Å². The molecule has 0 aromatic heterocycles. The van der Waals surface area contributed by atoms with E-state index in [-0.39, 0.29) is 22.7 Å². The monoisotopic (exact) mass is 304 g/mol. The number of aliphatic hydroxyl groups is 2. The highest BCUT2D eigenvalue weighted by molar-refractivity contribution is 5.91. The summed E-state index contributed by atoms with van der Waals surface area (Å²) in [5.41, 5.74) is 1.04. The van der Waals surface area contributed by atoms with Crippen LogP contribution in [-0.4, -0.2) is 28.2 Å². The molecular weight excluding hydrogens is 276 g/mol. The number of hydrogen-bond donors (Lipinski definition) is 2. The van der Waals surface area contributed by atoms with Crippen molar-refractivity contribution in [3.63, 3.8) is 0 Å². The molecule has 0 heterocycles. The minimum absolute atomic E-state index is 0.00881. The quantitative estimate of drug-likeness (QED) is 0.723. The Balaban J connectivity index is 1.73. The van der Waals surface area contributed by atoms with Gasteiger partial charge in [-0.3, -0.25) is 4.79 Å². The van der Waals surface area contributed by atoms with Crippen molar-refractivity contribution in [3.05, 3.63) is 11.6 Å². The first-order valence-corrected chi connectivity index (χ1v) is 8.97. The van der Waals surface area contributed by atoms with Gasteiger partial charge in [-0.05, 0) is 78.8 Å². The van der Waals surface area contributed by atoms with E-state index in [0.29, 0.717) is 24.2 Å². The highest BCUT2D eigenvalue weighted by Gasteiger charge is 2.60. The Hall–Kier alpha value is -0.670. The zero-order valence-corrected chi connectivity index (χ0v) is 13.7. The normalized spacial score (nSPS) is 54.3. The van der Waals surface area contributed by atoms with Crippen LogP contribution in [0.15, 0.2) is 11.6 Å². The summed E-state index contributed by atoms with van der Waals surface area (Å²) in [5.74, 6) is 1.79. The fourth-order valence-electron chi connectivity index (χ4n) is 6.58. The molecule has 3 nitrogen and oxygen atoms in total. The molecule has 0 aromatic carbocycles. The van der Waals surface area contributed by atoms with Crippen molar-refractivity contribution in [2.45, 2.75) is 71.0 Å². The van der Waals surface area contributed by atoms with E-state index in [4.69, 9.17) is 0 Å². The second-order valence-electron chi connectivity index (χ2n) is 8.75. The molecule has 22 heavy (non-hydrogen) atoms. The molecule has 3 saturated carbocycles. The minimum Gasteiger partial charge on any atom is -0.393 e. The molecule has 7 atom stereocenters. The molecule has 122 valence electrons. The lowest BCUT2D eigenvalue weighted by Crippen LogP contribution is -2.54. The number of fused-ring (bicyclic) bond motifs is 5. The van der Waals surface area contributed by atoms with Crippen LogP contribution in [0.3, 0.4) is 0 Å². The average Bonchev–Trinajstić information content (AvgIpc) is 2.77. The van der Waals surface area contributed by atoms with E-state index >= 15 is 0 Å². The Morgan fingerprint density at radius 3 is 2.64 bits per heavy atom. The first-order chi connectivity index (χ1) is 10.4. The number of ketones is 1. The van der Waals surface area contributed by atoms with Crippen LogP contribution >= 0.6 is 0 Å². The lowest BCUT2D eigenvalue weighted by molar-refractivity contribution is -0.120. The van der Waals surface area contributed by atoms with Gasteiger partial charge in [0.2, 0.25) is 0 Å². The lowest BCUT2D eigenvalue weighted by atomic mass is 9.47. The molecule has 0 aliphatic heterocycles. The third-order valence-electron chi connectivity index (χ3n) is 7.93. The summed E-state index contributed by atoms with van der Waals surface area (Å²) in [7, 11) is 0. The van der Waals surface area contributed by atoms with Crippen LogP contribution in [0, 0.1) is 28.6 Å². The van der Waals surface area contributed by atoms with E-state index < -0.39 is 6.10 Å². The Morgan fingerprint density at radius 2 is 1.86 bits per heavy atom. The number of aliphatic hydroxyl groups excluding tert-OH is 2. The van der Waals surface area contributed by atoms with Gasteiger partial charge in [0.25, 0.3) is 0 Å². The van der Waals surface area contributed by atoms with Crippen LogP contribution in [0.1, 0.15) is 58.8 Å². The van der Waals surface area contributed by atoms with Crippen molar-refractivity contribution in [2.24, 2.45) is 28.6 Å². The Labute approximate surface area is 132 Å². The zero-order chi connectivity index (χ0) is 15.7. The van der Waals surface area contributed by atoms with E-state index in [1.54, 1.807) is 6.08 Å². The maximum absolute atomic E-state index is 11.8. The summed E-state index contributed by atoms with van der Waals surface area (Å²) < 4.78 is 0. The van der Waals surface area contributed by atoms with Crippen LogP contribution in [-0.2, 0) is 4.79 Å². The van der Waals surface area contributed by atoms with Crippen molar-refractivity contribution in [1.29, 1.82) is 0 Å². The largest absolute Gasteiger partial charge is 0.393 e. The highest BCUT2D eigenvalue weighted by atomic mass is 16.3. The lowest BCUT2D eigenvalue weighted by Gasteiger charge is -2.58. The second-order valence-corrected chi connectivity index (χ2v) is 8.75. The van der Waals surface area contributed by atoms with Crippen LogP contribution in [0.4, 0.5) is 0 Å². The van der Waals surface area contributed by atoms with Gasteiger partial charge in [-0.25, -0.2) is 0 Å². The molecule has 4 rings (SSSR count). The fraction of sp³-hybridized carbons (Fsp3) is 0.842. The van der Waals surface area contributed by atoms with Gasteiger partial charge in [0.1, 0.15) is 0 Å². The fourth-order valence-corrected chi connectivity index (χ4v) is 6.58. The molecule has 3 fully saturated rings. The van der Waals surface area contributed by atoms with Crippen LogP contribution in [0.2, 0.25) is 0 Å². The number of rotatable bonds is 0. The predicted octanol–water partition coefficient (Wildman–Crippen LogP) is 2.85. The average molecular weight is 304 g/mol. The second kappa shape index (κ2) is 4.67. The van der Waals surface area contributed by atoms with Crippen LogP contribution in [0.25, 0.3) is 0 Å². The molecule has 0 radical (unpaired) electrons. The first-order valence-electron chi connectivity index (χ1n) is 8.97. The number of hydrogen-bond acceptors (Lipinski definition) is 3. The van der Waals surface area contributed by atoms with Crippen molar-refractivity contribution in [1.82, 2.24) is 0 Å². The van der Waals surface area contributed by atoms with E-state index in [0.717, 1.165) is 44.1 Å². The van der Waals surface area contributed by atoms with E-state index in [2.05, 4.69) is 13.8 Å². The maximum atomic E-state index is 11.8. The van der Waals surface area contributed by atoms with Gasteiger partial charge in [0, 0.05) is 6.42 Å². The minimum atomic E-state index is -0.462. The number of carbonyl (C=O) groups excluding carboxylic acids is 1. The molecule has 3 heteroatoms. The summed E-state index contributed by atoms with van der Waals surface area (Å²) in [5, 5.41) is 21.2. The molecule has 4 aliphatic carbocycles. The van der Waals surface area contributed by atoms with E-state index in [1.807, 2.05) is 0 Å². The SMILES string of the molecule is C[C@]12CC[C@H]3[C@@H](C[C@H](O)C4=CC(=O)CC[C@@]43C)[C@@H]1CC[C@H]2O. The van der Waals surface area contributed by atoms with Crippen molar-refractivity contribution in [2.75, 3.05) is 0 Å². The summed E-state index contributed by atoms with van der Waals surface area (Å²) in [6.07, 6.45) is 7.65. The Kier molecular flexibility index (Phi) is 3.16. The Bertz CT molecular complexity index is 539. The van der Waals surface area contributed by atoms with Crippen molar-refractivity contribution < 1.29 is 15.0 Å². The van der Waals surface area contributed by atoms with Gasteiger partial charge in [-0.1, -0.05) is 13.8 Å². The van der Waals surface area contributed by atoms with Crippen molar-refractivity contribution >= 4 is 5.78 Å². The Morgan fingerprint density at radius 1 is 1.09 bits per heavy atom. The van der Waals surface area contributed by atoms with Crippen LogP contribution < -0.4 is 0 Å². The molecule has 2 N–H and O–H groups in total. The zero-order valence-electron chi connectivity index (χ0n) is 13.7. The standard InChI is InChI=1S/C19H28O3/c1-18-7-5-11(20)9-15(18)16(21)10-12-13-3-4-17(22)19(13,2)8-6-14(12)18/h9,12-14,16-17,21-22H,3-8,10H2,1-2H3/t12-,13-,14-,16-,17+,18+,19-/m0/s1. The topological polar surface area (TPSA) is 57.5 Å².